The Morgan fingerprint density at radius 1 is 1.31 bits per heavy atom. The van der Waals surface area contributed by atoms with E-state index in [1.54, 1.807) is 0 Å². The molecule has 0 fully saturated rings. The van der Waals surface area contributed by atoms with Crippen LogP contribution < -0.4 is 0 Å². The Balaban J connectivity index is 2.62. The molecule has 0 aliphatic carbocycles. The minimum Gasteiger partial charge on any atom is -0.481 e. The number of aliphatic hydroxyl groups excluding tert-OH is 1. The van der Waals surface area contributed by atoms with Gasteiger partial charge in [0.05, 0.1) is 12.5 Å². The Hall–Kier alpha value is -1.35. The molecular weight excluding hydrogens is 168 g/mol. The molecule has 0 radical (unpaired) electrons. The molecule has 1 rings (SSSR count). The molecule has 0 saturated heterocycles. The van der Waals surface area contributed by atoms with Gasteiger partial charge in [0, 0.05) is 0 Å². The molecule has 1 aromatic carbocycles. The number of rotatable bonds is 4. The fraction of sp³-hybridized carbons (Fsp3) is 0.300. The summed E-state index contributed by atoms with van der Waals surface area (Å²) in [7, 11) is 0. The highest BCUT2D eigenvalue weighted by molar-refractivity contribution is 5.70. The summed E-state index contributed by atoms with van der Waals surface area (Å²) in [6.07, 6.45) is 0.382. The van der Waals surface area contributed by atoms with Crippen LogP contribution in [0.3, 0.4) is 0 Å². The van der Waals surface area contributed by atoms with Gasteiger partial charge in [0.15, 0.2) is 0 Å². The van der Waals surface area contributed by atoms with Gasteiger partial charge in [-0.2, -0.15) is 0 Å². The van der Waals surface area contributed by atoms with Gasteiger partial charge in [0.25, 0.3) is 0 Å². The van der Waals surface area contributed by atoms with Gasteiger partial charge in [-0.25, -0.2) is 0 Å². The molecule has 0 bridgehead atoms. The highest BCUT2D eigenvalue weighted by atomic mass is 16.4. The van der Waals surface area contributed by atoms with Gasteiger partial charge in [-0.15, -0.1) is 0 Å². The molecule has 0 heterocycles. The molecule has 1 unspecified atom stereocenters. The first kappa shape index (κ1) is 9.74. The van der Waals surface area contributed by atoms with E-state index in [9.17, 15) is 4.79 Å². The van der Waals surface area contributed by atoms with Crippen molar-refractivity contribution in [1.82, 2.24) is 0 Å². The van der Waals surface area contributed by atoms with Crippen molar-refractivity contribution in [1.29, 1.82) is 0 Å². The van der Waals surface area contributed by atoms with Crippen molar-refractivity contribution >= 4 is 5.97 Å². The predicted octanol–water partition coefficient (Wildman–Crippen LogP) is 0.922. The molecule has 3 nitrogen and oxygen atoms in total. The molecule has 3 heteroatoms. The molecule has 0 aliphatic rings. The van der Waals surface area contributed by atoms with Crippen molar-refractivity contribution in [2.24, 2.45) is 5.92 Å². The SMILES string of the molecule is O=C(O)C(CO)Cc1ccccc1. The summed E-state index contributed by atoms with van der Waals surface area (Å²) in [5, 5.41) is 17.5. The lowest BCUT2D eigenvalue weighted by atomic mass is 10.0. The first-order valence-electron chi connectivity index (χ1n) is 4.11. The summed E-state index contributed by atoms with van der Waals surface area (Å²) in [4.78, 5) is 10.6. The molecule has 1 atom stereocenters. The Morgan fingerprint density at radius 3 is 2.38 bits per heavy atom. The van der Waals surface area contributed by atoms with Crippen molar-refractivity contribution in [3.05, 3.63) is 35.9 Å². The van der Waals surface area contributed by atoms with Gasteiger partial charge in [-0.3, -0.25) is 4.79 Å². The molecule has 1 aromatic rings. The Labute approximate surface area is 76.6 Å². The van der Waals surface area contributed by atoms with Crippen molar-refractivity contribution in [2.75, 3.05) is 6.61 Å². The lowest BCUT2D eigenvalue weighted by Crippen LogP contribution is -2.20. The molecule has 0 aliphatic heterocycles. The lowest BCUT2D eigenvalue weighted by molar-refractivity contribution is -0.143. The molecule has 0 spiro atoms. The molecule has 0 aromatic heterocycles. The monoisotopic (exact) mass is 180 g/mol. The van der Waals surface area contributed by atoms with E-state index in [-0.39, 0.29) is 6.61 Å². The van der Waals surface area contributed by atoms with Crippen LogP contribution in [0.15, 0.2) is 30.3 Å². The van der Waals surface area contributed by atoms with Crippen LogP contribution in [0.25, 0.3) is 0 Å². The normalized spacial score (nSPS) is 12.4. The minimum atomic E-state index is -0.952. The number of benzene rings is 1. The Kier molecular flexibility index (Phi) is 3.46. The third-order valence-electron chi connectivity index (χ3n) is 1.89. The Morgan fingerprint density at radius 2 is 1.92 bits per heavy atom. The number of aliphatic carboxylic acids is 1. The highest BCUT2D eigenvalue weighted by Crippen LogP contribution is 2.07. The predicted molar refractivity (Wildman–Crippen MR) is 48.4 cm³/mol. The minimum absolute atomic E-state index is 0.315. The zero-order valence-corrected chi connectivity index (χ0v) is 7.18. The smallest absolute Gasteiger partial charge is 0.309 e. The van der Waals surface area contributed by atoms with E-state index in [0.717, 1.165) is 5.56 Å². The third kappa shape index (κ3) is 2.87. The van der Waals surface area contributed by atoms with Crippen LogP contribution in [0.2, 0.25) is 0 Å². The van der Waals surface area contributed by atoms with E-state index in [0.29, 0.717) is 6.42 Å². The van der Waals surface area contributed by atoms with Gasteiger partial charge >= 0.3 is 5.97 Å². The third-order valence-corrected chi connectivity index (χ3v) is 1.89. The van der Waals surface area contributed by atoms with E-state index in [1.165, 1.54) is 0 Å². The highest BCUT2D eigenvalue weighted by Gasteiger charge is 2.15. The van der Waals surface area contributed by atoms with Crippen LogP contribution in [0, 0.1) is 5.92 Å². The first-order valence-corrected chi connectivity index (χ1v) is 4.11. The quantitative estimate of drug-likeness (QED) is 0.724. The summed E-state index contributed by atoms with van der Waals surface area (Å²) < 4.78 is 0. The molecule has 70 valence electrons. The molecule has 0 saturated carbocycles. The van der Waals surface area contributed by atoms with Crippen LogP contribution in [0.1, 0.15) is 5.56 Å². The van der Waals surface area contributed by atoms with Crippen molar-refractivity contribution < 1.29 is 15.0 Å². The fourth-order valence-electron chi connectivity index (χ4n) is 1.13. The number of carbonyl (C=O) groups is 1. The van der Waals surface area contributed by atoms with Crippen molar-refractivity contribution in [3.63, 3.8) is 0 Å². The number of hydrogen-bond acceptors (Lipinski definition) is 2. The van der Waals surface area contributed by atoms with Gasteiger partial charge in [-0.1, -0.05) is 30.3 Å². The van der Waals surface area contributed by atoms with E-state index in [1.807, 2.05) is 30.3 Å². The van der Waals surface area contributed by atoms with E-state index in [2.05, 4.69) is 0 Å². The lowest BCUT2D eigenvalue weighted by Gasteiger charge is -2.07. The topological polar surface area (TPSA) is 57.5 Å². The average molecular weight is 180 g/mol. The van der Waals surface area contributed by atoms with Crippen LogP contribution in [-0.2, 0) is 11.2 Å². The maximum atomic E-state index is 10.6. The zero-order valence-electron chi connectivity index (χ0n) is 7.18. The van der Waals surface area contributed by atoms with Gasteiger partial charge in [0.1, 0.15) is 0 Å². The van der Waals surface area contributed by atoms with Gasteiger partial charge in [-0.05, 0) is 12.0 Å². The summed E-state index contributed by atoms with van der Waals surface area (Å²) in [6, 6.07) is 9.28. The molecule has 2 N–H and O–H groups in total. The van der Waals surface area contributed by atoms with E-state index < -0.39 is 11.9 Å². The molecule has 0 amide bonds. The first-order chi connectivity index (χ1) is 6.24. The zero-order chi connectivity index (χ0) is 9.68. The fourth-order valence-corrected chi connectivity index (χ4v) is 1.13. The standard InChI is InChI=1S/C10H12O3/c11-7-9(10(12)13)6-8-4-2-1-3-5-8/h1-5,9,11H,6-7H2,(H,12,13). The Bertz CT molecular complexity index is 269. The second-order valence-corrected chi connectivity index (χ2v) is 2.91. The van der Waals surface area contributed by atoms with Crippen molar-refractivity contribution in [2.45, 2.75) is 6.42 Å². The van der Waals surface area contributed by atoms with Crippen molar-refractivity contribution in [3.8, 4) is 0 Å². The van der Waals surface area contributed by atoms with Crippen LogP contribution in [0.5, 0.6) is 0 Å². The molecule has 13 heavy (non-hydrogen) atoms. The second kappa shape index (κ2) is 4.62. The average Bonchev–Trinajstić information content (AvgIpc) is 2.15. The molecular formula is C10H12O3. The second-order valence-electron chi connectivity index (χ2n) is 2.91. The van der Waals surface area contributed by atoms with Crippen LogP contribution >= 0.6 is 0 Å². The van der Waals surface area contributed by atoms with Crippen LogP contribution in [-0.4, -0.2) is 22.8 Å². The summed E-state index contributed by atoms with van der Waals surface area (Å²) in [5.41, 5.74) is 0.934. The van der Waals surface area contributed by atoms with E-state index in [4.69, 9.17) is 10.2 Å². The number of hydrogen-bond donors (Lipinski definition) is 2. The van der Waals surface area contributed by atoms with Gasteiger partial charge < -0.3 is 10.2 Å². The number of aliphatic hydroxyl groups is 1. The van der Waals surface area contributed by atoms with Crippen LogP contribution in [0.4, 0.5) is 0 Å². The summed E-state index contributed by atoms with van der Waals surface area (Å²) in [5.74, 6) is -1.64. The maximum Gasteiger partial charge on any atom is 0.309 e. The van der Waals surface area contributed by atoms with E-state index >= 15 is 0 Å². The number of carboxylic acid groups (broad SMARTS) is 1. The maximum absolute atomic E-state index is 10.6. The summed E-state index contributed by atoms with van der Waals surface area (Å²) in [6.45, 7) is -0.315. The largest absolute Gasteiger partial charge is 0.481 e. The van der Waals surface area contributed by atoms with Gasteiger partial charge in [0.2, 0.25) is 0 Å². The summed E-state index contributed by atoms with van der Waals surface area (Å²) >= 11 is 0. The number of carboxylic acids is 1.